The maximum absolute atomic E-state index is 10.8. The molecule has 0 radical (unpaired) electrons. The summed E-state index contributed by atoms with van der Waals surface area (Å²) in [5.74, 6) is 1.28. The Balaban J connectivity index is 1.58. The van der Waals surface area contributed by atoms with Crippen molar-refractivity contribution in [2.45, 2.75) is 89.8 Å². The number of ether oxygens (including phenoxy) is 1. The summed E-state index contributed by atoms with van der Waals surface area (Å²) in [4.78, 5) is 10.7. The average Bonchev–Trinajstić information content (AvgIpc) is 3.02. The van der Waals surface area contributed by atoms with Crippen LogP contribution in [-0.2, 0) is 17.6 Å². The van der Waals surface area contributed by atoms with Crippen LogP contribution in [0, 0.1) is 17.8 Å². The molecule has 2 aliphatic carbocycles. The van der Waals surface area contributed by atoms with Crippen LogP contribution in [0.25, 0.3) is 0 Å². The van der Waals surface area contributed by atoms with Crippen molar-refractivity contribution in [3.8, 4) is 5.75 Å². The van der Waals surface area contributed by atoms with Crippen LogP contribution in [0.3, 0.4) is 0 Å². The summed E-state index contributed by atoms with van der Waals surface area (Å²) in [6, 6.07) is 6.16. The maximum atomic E-state index is 10.8. The maximum Gasteiger partial charge on any atom is 0.303 e. The molecule has 1 saturated carbocycles. The lowest BCUT2D eigenvalue weighted by molar-refractivity contribution is -0.137. The molecule has 0 bridgehead atoms. The van der Waals surface area contributed by atoms with E-state index in [0.717, 1.165) is 50.7 Å². The number of fused-ring (bicyclic) bond motifs is 2. The highest BCUT2D eigenvalue weighted by Crippen LogP contribution is 2.48. The quantitative estimate of drug-likeness (QED) is 0.439. The first-order valence-corrected chi connectivity index (χ1v) is 11.8. The highest BCUT2D eigenvalue weighted by Gasteiger charge is 2.44. The molecule has 2 aliphatic rings. The second kappa shape index (κ2) is 11.1. The molecule has 1 fully saturated rings. The molecule has 3 N–H and O–H groups in total. The van der Waals surface area contributed by atoms with Crippen LogP contribution in [0.1, 0.15) is 75.8 Å². The van der Waals surface area contributed by atoms with E-state index in [1.165, 1.54) is 24.0 Å². The zero-order chi connectivity index (χ0) is 21.5. The van der Waals surface area contributed by atoms with Crippen LogP contribution in [0.4, 0.5) is 0 Å². The molecule has 0 heterocycles. The molecular weight excluding hydrogens is 380 g/mol. The third kappa shape index (κ3) is 5.98. The van der Waals surface area contributed by atoms with E-state index in [4.69, 9.17) is 9.84 Å². The van der Waals surface area contributed by atoms with Gasteiger partial charge in [0.1, 0.15) is 5.75 Å². The summed E-state index contributed by atoms with van der Waals surface area (Å²) in [7, 11) is 0. The number of carbonyl (C=O) groups is 1. The minimum atomic E-state index is -0.794. The first-order valence-electron chi connectivity index (χ1n) is 11.8. The number of hydrogen-bond acceptors (Lipinski definition) is 4. The van der Waals surface area contributed by atoms with Crippen molar-refractivity contribution in [3.05, 3.63) is 29.3 Å². The summed E-state index contributed by atoms with van der Waals surface area (Å²) in [6.07, 6.45) is 8.79. The van der Waals surface area contributed by atoms with Gasteiger partial charge >= 0.3 is 5.97 Å². The van der Waals surface area contributed by atoms with Gasteiger partial charge in [-0.1, -0.05) is 38.3 Å². The summed E-state index contributed by atoms with van der Waals surface area (Å²) >= 11 is 0. The third-order valence-corrected chi connectivity index (χ3v) is 7.11. The lowest BCUT2D eigenvalue weighted by Crippen LogP contribution is -2.28. The fourth-order valence-corrected chi connectivity index (χ4v) is 5.50. The lowest BCUT2D eigenvalue weighted by atomic mass is 9.73. The number of aliphatic carboxylic acids is 1. The Morgan fingerprint density at radius 1 is 1.20 bits per heavy atom. The zero-order valence-electron chi connectivity index (χ0n) is 18.3. The molecule has 0 spiro atoms. The van der Waals surface area contributed by atoms with Crippen LogP contribution in [0.5, 0.6) is 5.75 Å². The third-order valence-electron chi connectivity index (χ3n) is 7.11. The highest BCUT2D eigenvalue weighted by molar-refractivity contribution is 5.66. The average molecular weight is 419 g/mol. The van der Waals surface area contributed by atoms with E-state index in [9.17, 15) is 15.0 Å². The van der Waals surface area contributed by atoms with Crippen LogP contribution in [0.15, 0.2) is 18.2 Å². The summed E-state index contributed by atoms with van der Waals surface area (Å²) in [5.41, 5.74) is 2.54. The van der Waals surface area contributed by atoms with Gasteiger partial charge in [-0.2, -0.15) is 0 Å². The number of benzene rings is 1. The molecule has 0 aliphatic heterocycles. The smallest absolute Gasteiger partial charge is 0.303 e. The molecule has 0 aromatic heterocycles. The monoisotopic (exact) mass is 418 g/mol. The standard InChI is InChI=1S/C25H38O5/c1-2-3-4-8-19(26)11-12-20-21-14-17-7-5-9-24(30-13-6-10-25(28)29)22(17)15-18(21)16-23(20)27/h5,7,9,18-21,23,26-27H,2-4,6,8,10-16H2,1H3,(H,28,29)/t18-,19-,20+,21-,23+/m0/s1. The van der Waals surface area contributed by atoms with Gasteiger partial charge in [-0.15, -0.1) is 0 Å². The van der Waals surface area contributed by atoms with Crippen LogP contribution >= 0.6 is 0 Å². The van der Waals surface area contributed by atoms with Crippen LogP contribution < -0.4 is 4.74 Å². The number of rotatable bonds is 12. The fourth-order valence-electron chi connectivity index (χ4n) is 5.50. The Morgan fingerprint density at radius 3 is 2.80 bits per heavy atom. The van der Waals surface area contributed by atoms with E-state index < -0.39 is 5.97 Å². The molecule has 0 saturated heterocycles. The van der Waals surface area contributed by atoms with Crippen molar-refractivity contribution in [2.75, 3.05) is 6.61 Å². The number of carboxylic acid groups (broad SMARTS) is 1. The Labute approximate surface area is 180 Å². The van der Waals surface area contributed by atoms with Crippen molar-refractivity contribution in [1.82, 2.24) is 0 Å². The van der Waals surface area contributed by atoms with Crippen LogP contribution in [-0.4, -0.2) is 40.1 Å². The zero-order valence-corrected chi connectivity index (χ0v) is 18.3. The van der Waals surface area contributed by atoms with Gasteiger partial charge in [-0.3, -0.25) is 4.79 Å². The Morgan fingerprint density at radius 2 is 2.03 bits per heavy atom. The van der Waals surface area contributed by atoms with Gasteiger partial charge in [-0.25, -0.2) is 0 Å². The number of aliphatic hydroxyl groups is 2. The topological polar surface area (TPSA) is 87.0 Å². The van der Waals surface area contributed by atoms with E-state index in [1.54, 1.807) is 0 Å². The highest BCUT2D eigenvalue weighted by atomic mass is 16.5. The second-order valence-corrected chi connectivity index (χ2v) is 9.27. The molecule has 168 valence electrons. The largest absolute Gasteiger partial charge is 0.493 e. The number of aliphatic hydroxyl groups excluding tert-OH is 2. The minimum absolute atomic E-state index is 0.123. The predicted octanol–water partition coefficient (Wildman–Crippen LogP) is 4.36. The van der Waals surface area contributed by atoms with E-state index >= 15 is 0 Å². The summed E-state index contributed by atoms with van der Waals surface area (Å²) in [6.45, 7) is 2.59. The Hall–Kier alpha value is -1.59. The first-order chi connectivity index (χ1) is 14.5. The van der Waals surface area contributed by atoms with Gasteiger partial charge in [-0.05, 0) is 79.9 Å². The van der Waals surface area contributed by atoms with Gasteiger partial charge in [0, 0.05) is 6.42 Å². The molecule has 5 nitrogen and oxygen atoms in total. The molecule has 30 heavy (non-hydrogen) atoms. The lowest BCUT2D eigenvalue weighted by Gasteiger charge is -2.32. The summed E-state index contributed by atoms with van der Waals surface area (Å²) < 4.78 is 5.92. The number of unbranched alkanes of at least 4 members (excludes halogenated alkanes) is 2. The van der Waals surface area contributed by atoms with Crippen LogP contribution in [0.2, 0.25) is 0 Å². The molecule has 0 unspecified atom stereocenters. The van der Waals surface area contributed by atoms with E-state index in [0.29, 0.717) is 24.9 Å². The van der Waals surface area contributed by atoms with E-state index in [2.05, 4.69) is 13.0 Å². The molecule has 5 heteroatoms. The molecule has 0 amide bonds. The Kier molecular flexibility index (Phi) is 8.58. The minimum Gasteiger partial charge on any atom is -0.493 e. The SMILES string of the molecule is CCCCC[C@H](O)CC[C@@H]1[C@H]2Cc3cccc(OCCCC(=O)O)c3C[C@H]2C[C@H]1O. The van der Waals surface area contributed by atoms with E-state index in [1.807, 2.05) is 12.1 Å². The molecular formula is C25H38O5. The van der Waals surface area contributed by atoms with Gasteiger partial charge < -0.3 is 20.1 Å². The number of hydrogen-bond donors (Lipinski definition) is 3. The molecule has 5 atom stereocenters. The predicted molar refractivity (Wildman–Crippen MR) is 117 cm³/mol. The van der Waals surface area contributed by atoms with Crippen molar-refractivity contribution in [1.29, 1.82) is 0 Å². The van der Waals surface area contributed by atoms with Crippen molar-refractivity contribution < 1.29 is 24.9 Å². The van der Waals surface area contributed by atoms with Crippen molar-refractivity contribution >= 4 is 5.97 Å². The summed E-state index contributed by atoms with van der Waals surface area (Å²) in [5, 5.41) is 29.9. The second-order valence-electron chi connectivity index (χ2n) is 9.27. The molecule has 1 aromatic rings. The van der Waals surface area contributed by atoms with Gasteiger partial charge in [0.2, 0.25) is 0 Å². The van der Waals surface area contributed by atoms with Gasteiger partial charge in [0.05, 0.1) is 18.8 Å². The van der Waals surface area contributed by atoms with E-state index in [-0.39, 0.29) is 24.5 Å². The molecule has 3 rings (SSSR count). The number of carboxylic acids is 1. The van der Waals surface area contributed by atoms with Gasteiger partial charge in [0.15, 0.2) is 0 Å². The van der Waals surface area contributed by atoms with Crippen molar-refractivity contribution in [2.24, 2.45) is 17.8 Å². The normalized spacial score (nSPS) is 26.1. The fraction of sp³-hybridized carbons (Fsp3) is 0.720. The van der Waals surface area contributed by atoms with Crippen molar-refractivity contribution in [3.63, 3.8) is 0 Å². The first kappa shape index (κ1) is 23.1. The van der Waals surface area contributed by atoms with Gasteiger partial charge in [0.25, 0.3) is 0 Å². The molecule has 1 aromatic carbocycles. The Bertz CT molecular complexity index is 688.